The maximum Gasteiger partial charge on any atom is 0.416 e. The summed E-state index contributed by atoms with van der Waals surface area (Å²) in [4.78, 5) is 0. The topological polar surface area (TPSA) is 0 Å². The molecule has 38 heavy (non-hydrogen) atoms. The van der Waals surface area contributed by atoms with E-state index in [0.29, 0.717) is 39.2 Å². The minimum Gasteiger partial charge on any atom is -0.207 e. The second-order valence-electron chi connectivity index (χ2n) is 8.69. The van der Waals surface area contributed by atoms with Gasteiger partial charge in [0.05, 0.1) is 17.0 Å². The zero-order valence-corrected chi connectivity index (χ0v) is 19.9. The van der Waals surface area contributed by atoms with Gasteiger partial charge in [-0.05, 0) is 74.1 Å². The minimum atomic E-state index is -5.03. The van der Waals surface area contributed by atoms with E-state index < -0.39 is 41.0 Å². The maximum absolute atomic E-state index is 14.7. The van der Waals surface area contributed by atoms with Gasteiger partial charge >= 0.3 is 12.4 Å². The number of hydrogen-bond acceptors (Lipinski definition) is 0. The smallest absolute Gasteiger partial charge is 0.207 e. The van der Waals surface area contributed by atoms with Crippen LogP contribution in [0.25, 0.3) is 43.8 Å². The predicted molar refractivity (Wildman–Crippen MR) is 132 cm³/mol. The maximum atomic E-state index is 14.7. The van der Waals surface area contributed by atoms with Crippen LogP contribution in [0, 0.1) is 11.6 Å². The Labute approximate surface area is 216 Å². The van der Waals surface area contributed by atoms with Crippen molar-refractivity contribution in [3.63, 3.8) is 0 Å². The molecule has 5 rings (SSSR count). The van der Waals surface area contributed by atoms with Gasteiger partial charge in [-0.25, -0.2) is 8.78 Å². The first-order chi connectivity index (χ1) is 17.9. The second kappa shape index (κ2) is 9.27. The molecule has 0 fully saturated rings. The first kappa shape index (κ1) is 26.0. The molecule has 0 heterocycles. The molecule has 0 spiro atoms. The molecular weight excluding hydrogens is 536 g/mol. The van der Waals surface area contributed by atoms with E-state index in [0.717, 1.165) is 12.1 Å². The van der Waals surface area contributed by atoms with E-state index in [9.17, 15) is 35.1 Å². The lowest BCUT2D eigenvalue weighted by molar-refractivity contribution is -0.143. The molecule has 9 heteroatoms. The summed E-state index contributed by atoms with van der Waals surface area (Å²) < 4.78 is 111. The molecule has 5 aromatic carbocycles. The van der Waals surface area contributed by atoms with Crippen molar-refractivity contribution in [2.75, 3.05) is 0 Å². The Morgan fingerprint density at radius 3 is 1.18 bits per heavy atom. The van der Waals surface area contributed by atoms with Crippen LogP contribution in [0.15, 0.2) is 78.9 Å². The van der Waals surface area contributed by atoms with E-state index in [2.05, 4.69) is 0 Å². The summed E-state index contributed by atoms with van der Waals surface area (Å²) in [5, 5.41) is 1.42. The average Bonchev–Trinajstić information content (AvgIpc) is 2.85. The molecular formula is C29H15ClF8. The fourth-order valence-corrected chi connectivity index (χ4v) is 4.98. The standard InChI is InChI=1S/C29H15ClF8/c30-14-23-24(31)11-16(12-25(23)32)27-21-7-3-1-5-19(21)26(20-6-2-4-8-22(20)27)15-9-17(28(33,34)35)13-18(10-15)29(36,37)38/h1-13H,14H2. The second-order valence-corrected chi connectivity index (χ2v) is 8.96. The minimum absolute atomic E-state index is 0.0756. The Kier molecular flexibility index (Phi) is 6.34. The molecule has 0 aliphatic carbocycles. The Morgan fingerprint density at radius 1 is 0.526 bits per heavy atom. The summed E-state index contributed by atoms with van der Waals surface area (Å²) in [6.07, 6.45) is -10.1. The van der Waals surface area contributed by atoms with Gasteiger partial charge in [0.1, 0.15) is 11.6 Å². The van der Waals surface area contributed by atoms with E-state index >= 15 is 0 Å². The van der Waals surface area contributed by atoms with Gasteiger partial charge in [0.15, 0.2) is 0 Å². The molecule has 0 radical (unpaired) electrons. The molecule has 0 aliphatic heterocycles. The summed E-state index contributed by atoms with van der Waals surface area (Å²) >= 11 is 5.66. The summed E-state index contributed by atoms with van der Waals surface area (Å²) in [5.74, 6) is -2.14. The Morgan fingerprint density at radius 2 is 0.868 bits per heavy atom. The van der Waals surface area contributed by atoms with Crippen molar-refractivity contribution in [2.45, 2.75) is 18.2 Å². The van der Waals surface area contributed by atoms with Gasteiger partial charge in [-0.1, -0.05) is 48.5 Å². The Hall–Kier alpha value is -3.65. The summed E-state index contributed by atoms with van der Waals surface area (Å²) in [6.45, 7) is 0. The molecule has 0 aromatic heterocycles. The highest BCUT2D eigenvalue weighted by Gasteiger charge is 2.37. The highest BCUT2D eigenvalue weighted by Crippen LogP contribution is 2.46. The van der Waals surface area contributed by atoms with Gasteiger partial charge in [0.2, 0.25) is 0 Å². The molecule has 0 nitrogen and oxygen atoms in total. The van der Waals surface area contributed by atoms with Crippen LogP contribution < -0.4 is 0 Å². The fraction of sp³-hybridized carbons (Fsp3) is 0.103. The zero-order chi connectivity index (χ0) is 27.4. The first-order valence-electron chi connectivity index (χ1n) is 11.2. The third-order valence-electron chi connectivity index (χ3n) is 6.37. The van der Waals surface area contributed by atoms with Crippen molar-refractivity contribution >= 4 is 33.1 Å². The van der Waals surface area contributed by atoms with E-state index in [1.165, 1.54) is 0 Å². The van der Waals surface area contributed by atoms with Crippen LogP contribution in [0.4, 0.5) is 35.1 Å². The molecule has 194 valence electrons. The lowest BCUT2D eigenvalue weighted by Gasteiger charge is -2.20. The lowest BCUT2D eigenvalue weighted by Crippen LogP contribution is -2.11. The average molecular weight is 551 g/mol. The third kappa shape index (κ3) is 4.47. The van der Waals surface area contributed by atoms with E-state index in [1.807, 2.05) is 0 Å². The number of halogens is 9. The molecule has 0 saturated carbocycles. The molecule has 5 aromatic rings. The van der Waals surface area contributed by atoms with Gasteiger partial charge in [0.25, 0.3) is 0 Å². The van der Waals surface area contributed by atoms with Gasteiger partial charge < -0.3 is 0 Å². The van der Waals surface area contributed by atoms with Gasteiger partial charge in [-0.15, -0.1) is 11.6 Å². The van der Waals surface area contributed by atoms with Crippen LogP contribution in [0.5, 0.6) is 0 Å². The van der Waals surface area contributed by atoms with Crippen LogP contribution in [0.2, 0.25) is 0 Å². The third-order valence-corrected chi connectivity index (χ3v) is 6.64. The normalized spacial score (nSPS) is 12.4. The van der Waals surface area contributed by atoms with Crippen LogP contribution in [0.1, 0.15) is 16.7 Å². The molecule has 0 atom stereocenters. The number of benzene rings is 5. The number of hydrogen-bond donors (Lipinski definition) is 0. The van der Waals surface area contributed by atoms with Crippen LogP contribution >= 0.6 is 11.6 Å². The number of fused-ring (bicyclic) bond motifs is 2. The van der Waals surface area contributed by atoms with Gasteiger partial charge in [-0.3, -0.25) is 0 Å². The number of rotatable bonds is 3. The zero-order valence-electron chi connectivity index (χ0n) is 19.1. The van der Waals surface area contributed by atoms with Crippen molar-refractivity contribution in [3.05, 3.63) is 107 Å². The summed E-state index contributed by atoms with van der Waals surface area (Å²) in [5.41, 5.74) is -2.84. The fourth-order valence-electron chi connectivity index (χ4n) is 4.72. The Balaban J connectivity index is 1.94. The van der Waals surface area contributed by atoms with E-state index in [1.54, 1.807) is 48.5 Å². The molecule has 0 amide bonds. The molecule has 0 unspecified atom stereocenters. The largest absolute Gasteiger partial charge is 0.416 e. The van der Waals surface area contributed by atoms with Crippen molar-refractivity contribution in [1.29, 1.82) is 0 Å². The van der Waals surface area contributed by atoms with Crippen LogP contribution in [-0.4, -0.2) is 0 Å². The van der Waals surface area contributed by atoms with Crippen LogP contribution in [0.3, 0.4) is 0 Å². The summed E-state index contributed by atoms with van der Waals surface area (Å²) in [6, 6.07) is 16.4. The van der Waals surface area contributed by atoms with Crippen molar-refractivity contribution in [2.24, 2.45) is 0 Å². The van der Waals surface area contributed by atoms with E-state index in [-0.39, 0.29) is 28.3 Å². The van der Waals surface area contributed by atoms with Gasteiger partial charge in [-0.2, -0.15) is 26.3 Å². The first-order valence-corrected chi connectivity index (χ1v) is 11.7. The monoisotopic (exact) mass is 550 g/mol. The lowest BCUT2D eigenvalue weighted by atomic mass is 9.85. The molecule has 0 N–H and O–H groups in total. The molecule has 0 aliphatic rings. The number of alkyl halides is 7. The van der Waals surface area contributed by atoms with Crippen LogP contribution in [-0.2, 0) is 18.2 Å². The molecule has 0 bridgehead atoms. The SMILES string of the molecule is Fc1cc(-c2c3ccccc3c(-c3cc(C(F)(F)F)cc(C(F)(F)F)c3)c3ccccc23)cc(F)c1CCl. The van der Waals surface area contributed by atoms with Crippen molar-refractivity contribution in [3.8, 4) is 22.3 Å². The van der Waals surface area contributed by atoms with Crippen molar-refractivity contribution < 1.29 is 35.1 Å². The van der Waals surface area contributed by atoms with E-state index in [4.69, 9.17) is 11.6 Å². The molecule has 0 saturated heterocycles. The highest BCUT2D eigenvalue weighted by atomic mass is 35.5. The highest BCUT2D eigenvalue weighted by molar-refractivity contribution is 6.21. The predicted octanol–water partition coefficient (Wildman–Crippen LogP) is 10.4. The van der Waals surface area contributed by atoms with Gasteiger partial charge in [0, 0.05) is 5.56 Å². The quantitative estimate of drug-likeness (QED) is 0.119. The van der Waals surface area contributed by atoms with Crippen molar-refractivity contribution in [1.82, 2.24) is 0 Å². The summed E-state index contributed by atoms with van der Waals surface area (Å²) in [7, 11) is 0. The Bertz CT molecular complexity index is 1590.